The summed E-state index contributed by atoms with van der Waals surface area (Å²) in [4.78, 5) is 25.6. The number of nitrogens with zero attached hydrogens (tertiary/aromatic N) is 1. The van der Waals surface area contributed by atoms with Crippen LogP contribution in [-0.4, -0.2) is 31.3 Å². The summed E-state index contributed by atoms with van der Waals surface area (Å²) >= 11 is 3.31. The maximum Gasteiger partial charge on any atom is 0.355 e. The molecule has 6 nitrogen and oxygen atoms in total. The number of esters is 2. The summed E-state index contributed by atoms with van der Waals surface area (Å²) in [6.45, 7) is 0. The Morgan fingerprint density at radius 3 is 2.48 bits per heavy atom. The van der Waals surface area contributed by atoms with Crippen molar-refractivity contribution in [2.45, 2.75) is 0 Å². The predicted octanol–water partition coefficient (Wildman–Crippen LogP) is 2.64. The molecule has 2 rings (SSSR count). The summed E-state index contributed by atoms with van der Waals surface area (Å²) < 4.78 is 10.2. The Labute approximate surface area is 141 Å². The van der Waals surface area contributed by atoms with Crippen molar-refractivity contribution in [1.82, 2.24) is 0 Å². The van der Waals surface area contributed by atoms with Gasteiger partial charge in [0.25, 0.3) is 0 Å². The molecule has 1 aromatic carbocycles. The highest BCUT2D eigenvalue weighted by molar-refractivity contribution is 9.10. The largest absolute Gasteiger partial charge is 0.506 e. The Morgan fingerprint density at radius 2 is 1.83 bits per heavy atom. The van der Waals surface area contributed by atoms with Gasteiger partial charge in [-0.25, -0.2) is 9.59 Å². The minimum absolute atomic E-state index is 0.0173. The molecule has 0 aromatic heterocycles. The Hall–Kier alpha value is -2.54. The molecule has 1 heterocycles. The van der Waals surface area contributed by atoms with Crippen LogP contribution in [-0.2, 0) is 19.1 Å². The molecule has 0 saturated carbocycles. The number of carbonyl (C=O) groups is 2. The van der Waals surface area contributed by atoms with Crippen LogP contribution in [0.15, 0.2) is 58.4 Å². The van der Waals surface area contributed by atoms with Crippen molar-refractivity contribution in [3.63, 3.8) is 0 Å². The van der Waals surface area contributed by atoms with Crippen molar-refractivity contribution in [1.29, 1.82) is 0 Å². The van der Waals surface area contributed by atoms with Crippen molar-refractivity contribution in [2.75, 3.05) is 19.1 Å². The van der Waals surface area contributed by atoms with Gasteiger partial charge in [0, 0.05) is 10.7 Å². The zero-order valence-electron chi connectivity index (χ0n) is 12.4. The second-order valence-electron chi connectivity index (χ2n) is 4.45. The smallest absolute Gasteiger partial charge is 0.355 e. The second-order valence-corrected chi connectivity index (χ2v) is 5.36. The fourth-order valence-corrected chi connectivity index (χ4v) is 2.39. The number of benzene rings is 1. The Balaban J connectivity index is 2.71. The number of hydrogen-bond acceptors (Lipinski definition) is 6. The molecule has 0 fully saturated rings. The average molecular weight is 380 g/mol. The number of methoxy groups -OCH3 is 2. The molecular weight excluding hydrogens is 366 g/mol. The van der Waals surface area contributed by atoms with E-state index in [1.54, 1.807) is 30.5 Å². The minimum atomic E-state index is -0.735. The van der Waals surface area contributed by atoms with Crippen LogP contribution in [0.3, 0.4) is 0 Å². The molecule has 1 N–H and O–H groups in total. The van der Waals surface area contributed by atoms with Gasteiger partial charge in [0.2, 0.25) is 0 Å². The molecule has 1 aromatic rings. The predicted molar refractivity (Wildman–Crippen MR) is 87.6 cm³/mol. The molecule has 7 heteroatoms. The average Bonchev–Trinajstić information content (AvgIpc) is 2.78. The van der Waals surface area contributed by atoms with Gasteiger partial charge < -0.3 is 19.5 Å². The molecule has 120 valence electrons. The molecule has 1 aliphatic heterocycles. The molecular formula is C16H14BrNO5. The minimum Gasteiger partial charge on any atom is -0.506 e. The molecule has 0 amide bonds. The number of phenols is 1. The number of halogens is 1. The zero-order valence-corrected chi connectivity index (χ0v) is 14.0. The van der Waals surface area contributed by atoms with E-state index < -0.39 is 11.9 Å². The third-order valence-corrected chi connectivity index (χ3v) is 3.58. The first-order valence-corrected chi connectivity index (χ1v) is 7.32. The third-order valence-electron chi connectivity index (χ3n) is 3.09. The van der Waals surface area contributed by atoms with Crippen molar-refractivity contribution in [3.8, 4) is 5.75 Å². The number of carbonyl (C=O) groups excluding carboxylic acids is 2. The number of aromatic hydroxyl groups is 1. The van der Waals surface area contributed by atoms with Gasteiger partial charge >= 0.3 is 11.9 Å². The van der Waals surface area contributed by atoms with Gasteiger partial charge in [0.15, 0.2) is 0 Å². The summed E-state index contributed by atoms with van der Waals surface area (Å²) in [5.74, 6) is -1.49. The van der Waals surface area contributed by atoms with E-state index in [1.165, 1.54) is 31.3 Å². The SMILES string of the molecule is COC(=O)C1=C(C(=O)OC)N(c2cc(Br)ccc2O)C=CC=C1. The summed E-state index contributed by atoms with van der Waals surface area (Å²) in [6, 6.07) is 4.74. The summed E-state index contributed by atoms with van der Waals surface area (Å²) in [7, 11) is 2.43. The van der Waals surface area contributed by atoms with Crippen LogP contribution < -0.4 is 4.90 Å². The van der Waals surface area contributed by atoms with Gasteiger partial charge in [-0.3, -0.25) is 0 Å². The Kier molecular flexibility index (Phi) is 5.23. The molecule has 0 aliphatic carbocycles. The van der Waals surface area contributed by atoms with Gasteiger partial charge in [-0.2, -0.15) is 0 Å². The third kappa shape index (κ3) is 3.45. The molecule has 0 radical (unpaired) electrons. The monoisotopic (exact) mass is 379 g/mol. The van der Waals surface area contributed by atoms with E-state index in [-0.39, 0.29) is 17.0 Å². The van der Waals surface area contributed by atoms with Crippen molar-refractivity contribution in [2.24, 2.45) is 0 Å². The van der Waals surface area contributed by atoms with Crippen molar-refractivity contribution in [3.05, 3.63) is 58.4 Å². The van der Waals surface area contributed by atoms with Crippen LogP contribution in [0.1, 0.15) is 0 Å². The van der Waals surface area contributed by atoms with Gasteiger partial charge in [0.05, 0.1) is 25.5 Å². The second kappa shape index (κ2) is 7.15. The lowest BCUT2D eigenvalue weighted by molar-refractivity contribution is -0.139. The number of hydrogen-bond donors (Lipinski definition) is 1. The first kappa shape index (κ1) is 16.8. The summed E-state index contributed by atoms with van der Waals surface area (Å²) in [5, 5.41) is 10.1. The van der Waals surface area contributed by atoms with Crippen molar-refractivity contribution >= 4 is 33.6 Å². The number of phenolic OH excluding ortho intramolecular Hbond substituents is 1. The van der Waals surface area contributed by atoms with E-state index in [9.17, 15) is 14.7 Å². The van der Waals surface area contributed by atoms with Crippen LogP contribution in [0.2, 0.25) is 0 Å². The lowest BCUT2D eigenvalue weighted by atomic mass is 10.1. The fraction of sp³-hybridized carbons (Fsp3) is 0.125. The van der Waals surface area contributed by atoms with Gasteiger partial charge in [-0.15, -0.1) is 0 Å². The lowest BCUT2D eigenvalue weighted by Crippen LogP contribution is -2.27. The standard InChI is InChI=1S/C16H14BrNO5/c1-22-15(20)11-5-3-4-8-18(14(11)16(21)23-2)12-9-10(17)6-7-13(12)19/h3-9,19H,1-2H3. The maximum atomic E-state index is 12.2. The van der Waals surface area contributed by atoms with Crippen LogP contribution in [0, 0.1) is 0 Å². The Bertz CT molecular complexity index is 736. The summed E-state index contributed by atoms with van der Waals surface area (Å²) in [5.41, 5.74) is 0.266. The van der Waals surface area contributed by atoms with E-state index in [1.807, 2.05) is 0 Å². The van der Waals surface area contributed by atoms with Gasteiger partial charge in [-0.1, -0.05) is 22.0 Å². The first-order valence-electron chi connectivity index (χ1n) is 6.53. The molecule has 23 heavy (non-hydrogen) atoms. The molecule has 0 unspecified atom stereocenters. The quantitative estimate of drug-likeness (QED) is 0.813. The molecule has 0 spiro atoms. The van der Waals surface area contributed by atoms with E-state index in [0.717, 1.165) is 0 Å². The van der Waals surface area contributed by atoms with E-state index in [4.69, 9.17) is 9.47 Å². The van der Waals surface area contributed by atoms with Crippen molar-refractivity contribution < 1.29 is 24.2 Å². The van der Waals surface area contributed by atoms with E-state index in [2.05, 4.69) is 15.9 Å². The maximum absolute atomic E-state index is 12.2. The fourth-order valence-electron chi connectivity index (χ4n) is 2.04. The number of rotatable bonds is 3. The van der Waals surface area contributed by atoms with Gasteiger partial charge in [0.1, 0.15) is 11.4 Å². The number of allylic oxidation sites excluding steroid dienone is 2. The van der Waals surface area contributed by atoms with Crippen LogP contribution in [0.4, 0.5) is 5.69 Å². The summed E-state index contributed by atoms with van der Waals surface area (Å²) in [6.07, 6.45) is 6.20. The first-order chi connectivity index (χ1) is 11.0. The van der Waals surface area contributed by atoms with E-state index in [0.29, 0.717) is 10.2 Å². The molecule has 0 atom stereocenters. The highest BCUT2D eigenvalue weighted by Crippen LogP contribution is 2.35. The van der Waals surface area contributed by atoms with E-state index >= 15 is 0 Å². The Morgan fingerprint density at radius 1 is 1.13 bits per heavy atom. The molecule has 0 saturated heterocycles. The topological polar surface area (TPSA) is 76.1 Å². The van der Waals surface area contributed by atoms with Crippen LogP contribution in [0.25, 0.3) is 0 Å². The zero-order chi connectivity index (χ0) is 17.0. The lowest BCUT2D eigenvalue weighted by Gasteiger charge is -2.23. The number of anilines is 1. The molecule has 0 bridgehead atoms. The highest BCUT2D eigenvalue weighted by Gasteiger charge is 2.28. The number of ether oxygens (including phenoxy) is 2. The highest BCUT2D eigenvalue weighted by atomic mass is 79.9. The molecule has 1 aliphatic rings. The van der Waals surface area contributed by atoms with Crippen LogP contribution in [0.5, 0.6) is 5.75 Å². The van der Waals surface area contributed by atoms with Crippen LogP contribution >= 0.6 is 15.9 Å². The normalized spacial score (nSPS) is 13.8. The van der Waals surface area contributed by atoms with Gasteiger partial charge in [-0.05, 0) is 30.4 Å².